The predicted molar refractivity (Wildman–Crippen MR) is 96.5 cm³/mol. The van der Waals surface area contributed by atoms with Crippen molar-refractivity contribution in [2.75, 3.05) is 0 Å². The van der Waals surface area contributed by atoms with Gasteiger partial charge in [-0.25, -0.2) is 13.5 Å². The Kier molecular flexibility index (Phi) is 4.38. The van der Waals surface area contributed by atoms with E-state index >= 15 is 0 Å². The van der Waals surface area contributed by atoms with E-state index in [4.69, 9.17) is 0 Å². The molecule has 3 aromatic carbocycles. The third kappa shape index (κ3) is 3.05. The first-order chi connectivity index (χ1) is 13.7. The summed E-state index contributed by atoms with van der Waals surface area (Å²) < 4.78 is 70.0. The van der Waals surface area contributed by atoms with Gasteiger partial charge in [-0.15, -0.1) is 0 Å². The normalized spacial score (nSPS) is 14.1. The zero-order valence-electron chi connectivity index (χ0n) is 14.7. The molecule has 8 heteroatoms. The highest BCUT2D eigenvalue weighted by molar-refractivity contribution is 5.81. The summed E-state index contributed by atoms with van der Waals surface area (Å²) in [6.07, 6.45) is -3.81. The lowest BCUT2D eigenvalue weighted by Crippen LogP contribution is -2.43. The summed E-state index contributed by atoms with van der Waals surface area (Å²) in [6, 6.07) is 14.2. The van der Waals surface area contributed by atoms with Crippen LogP contribution in [0.2, 0.25) is 0 Å². The Balaban J connectivity index is 1.89. The van der Waals surface area contributed by atoms with Crippen LogP contribution in [0.5, 0.6) is 0 Å². The van der Waals surface area contributed by atoms with Crippen molar-refractivity contribution in [3.8, 4) is 5.69 Å². The maximum Gasteiger partial charge on any atom is 0.425 e. The van der Waals surface area contributed by atoms with Gasteiger partial charge in [-0.1, -0.05) is 30.3 Å². The number of fused-ring (bicyclic) bond motifs is 1. The quantitative estimate of drug-likeness (QED) is 0.483. The third-order valence-electron chi connectivity index (χ3n) is 4.73. The van der Waals surface area contributed by atoms with Crippen molar-refractivity contribution in [3.05, 3.63) is 95.7 Å². The first-order valence-electron chi connectivity index (χ1n) is 8.50. The number of hydrogen-bond acceptors (Lipinski definition) is 2. The topological polar surface area (TPSA) is 38.1 Å². The van der Waals surface area contributed by atoms with Crippen LogP contribution in [-0.4, -0.2) is 21.1 Å². The molecule has 1 atom stereocenters. The number of para-hydroxylation sites is 1. The molecule has 0 aliphatic carbocycles. The SMILES string of the molecule is OC(c1ccc(F)c(F)c1)(c1ccc2c(cnn2-c2ccccc2)c1)C(F)(F)F. The monoisotopic (exact) mass is 404 g/mol. The van der Waals surface area contributed by atoms with Crippen LogP contribution in [0, 0.1) is 11.6 Å². The minimum Gasteiger partial charge on any atom is -0.372 e. The van der Waals surface area contributed by atoms with Gasteiger partial charge in [0, 0.05) is 10.9 Å². The van der Waals surface area contributed by atoms with E-state index in [0.717, 1.165) is 12.1 Å². The van der Waals surface area contributed by atoms with Gasteiger partial charge in [-0.3, -0.25) is 0 Å². The van der Waals surface area contributed by atoms with Crippen LogP contribution >= 0.6 is 0 Å². The average Bonchev–Trinajstić information content (AvgIpc) is 3.12. The maximum atomic E-state index is 13.9. The summed E-state index contributed by atoms with van der Waals surface area (Å²) in [5, 5.41) is 15.2. The van der Waals surface area contributed by atoms with Crippen molar-refractivity contribution in [3.63, 3.8) is 0 Å². The van der Waals surface area contributed by atoms with E-state index in [1.807, 2.05) is 6.07 Å². The van der Waals surface area contributed by atoms with Gasteiger partial charge in [0.05, 0.1) is 17.4 Å². The van der Waals surface area contributed by atoms with Gasteiger partial charge in [-0.05, 0) is 42.0 Å². The molecule has 4 rings (SSSR count). The second kappa shape index (κ2) is 6.66. The lowest BCUT2D eigenvalue weighted by atomic mass is 9.85. The smallest absolute Gasteiger partial charge is 0.372 e. The number of alkyl halides is 3. The number of aromatic nitrogens is 2. The summed E-state index contributed by atoms with van der Waals surface area (Å²) >= 11 is 0. The minimum absolute atomic E-state index is 0.344. The molecular weight excluding hydrogens is 391 g/mol. The van der Waals surface area contributed by atoms with Gasteiger partial charge in [0.1, 0.15) is 0 Å². The Labute approximate surface area is 161 Å². The number of rotatable bonds is 3. The van der Waals surface area contributed by atoms with Crippen LogP contribution in [0.3, 0.4) is 0 Å². The molecule has 1 unspecified atom stereocenters. The number of benzene rings is 3. The molecule has 0 aliphatic rings. The van der Waals surface area contributed by atoms with E-state index in [9.17, 15) is 27.1 Å². The maximum absolute atomic E-state index is 13.9. The molecule has 0 aliphatic heterocycles. The van der Waals surface area contributed by atoms with Crippen LogP contribution in [-0.2, 0) is 5.60 Å². The second-order valence-electron chi connectivity index (χ2n) is 6.50. The Bertz CT molecular complexity index is 1190. The Morgan fingerprint density at radius 1 is 0.793 bits per heavy atom. The van der Waals surface area contributed by atoms with Crippen molar-refractivity contribution >= 4 is 10.9 Å². The number of aliphatic hydroxyl groups is 1. The Morgan fingerprint density at radius 2 is 1.45 bits per heavy atom. The summed E-state index contributed by atoms with van der Waals surface area (Å²) in [5.74, 6) is -2.79. The molecule has 0 saturated heterocycles. The summed E-state index contributed by atoms with van der Waals surface area (Å²) in [6.45, 7) is 0. The fourth-order valence-electron chi connectivity index (χ4n) is 3.25. The first kappa shape index (κ1) is 19.1. The average molecular weight is 404 g/mol. The Hall–Kier alpha value is -3.26. The van der Waals surface area contributed by atoms with Crippen LogP contribution in [0.15, 0.2) is 72.9 Å². The number of hydrogen-bond donors (Lipinski definition) is 1. The zero-order chi connectivity index (χ0) is 20.8. The van der Waals surface area contributed by atoms with Gasteiger partial charge in [0.2, 0.25) is 5.60 Å². The molecule has 0 bridgehead atoms. The van der Waals surface area contributed by atoms with E-state index in [1.54, 1.807) is 28.9 Å². The summed E-state index contributed by atoms with van der Waals surface area (Å²) in [4.78, 5) is 0. The highest BCUT2D eigenvalue weighted by atomic mass is 19.4. The molecule has 0 amide bonds. The van der Waals surface area contributed by atoms with E-state index < -0.39 is 34.5 Å². The molecule has 148 valence electrons. The van der Waals surface area contributed by atoms with Crippen molar-refractivity contribution in [2.45, 2.75) is 11.8 Å². The third-order valence-corrected chi connectivity index (χ3v) is 4.73. The molecule has 4 aromatic rings. The van der Waals surface area contributed by atoms with Crippen molar-refractivity contribution in [1.82, 2.24) is 9.78 Å². The second-order valence-corrected chi connectivity index (χ2v) is 6.50. The first-order valence-corrected chi connectivity index (χ1v) is 8.50. The van der Waals surface area contributed by atoms with Gasteiger partial charge < -0.3 is 5.11 Å². The lowest BCUT2D eigenvalue weighted by molar-refractivity contribution is -0.248. The molecule has 0 fully saturated rings. The highest BCUT2D eigenvalue weighted by Crippen LogP contribution is 2.45. The fraction of sp³-hybridized carbons (Fsp3) is 0.0952. The van der Waals surface area contributed by atoms with E-state index in [0.29, 0.717) is 34.8 Å². The standard InChI is InChI=1S/C21H13F5N2O/c22-17-8-6-15(11-18(17)23)20(29,21(24,25)26)14-7-9-19-13(10-14)12-27-28(19)16-4-2-1-3-5-16/h1-12,29H. The molecule has 1 aromatic heterocycles. The molecule has 3 nitrogen and oxygen atoms in total. The highest BCUT2D eigenvalue weighted by Gasteiger charge is 2.56. The molecule has 1 heterocycles. The van der Waals surface area contributed by atoms with E-state index in [1.165, 1.54) is 12.3 Å². The van der Waals surface area contributed by atoms with Crippen molar-refractivity contribution in [1.29, 1.82) is 0 Å². The molecule has 0 spiro atoms. The van der Waals surface area contributed by atoms with Crippen molar-refractivity contribution < 1.29 is 27.1 Å². The van der Waals surface area contributed by atoms with Gasteiger partial charge in [-0.2, -0.15) is 18.3 Å². The predicted octanol–water partition coefficient (Wildman–Crippen LogP) is 5.10. The molecule has 0 radical (unpaired) electrons. The Morgan fingerprint density at radius 3 is 2.10 bits per heavy atom. The van der Waals surface area contributed by atoms with Gasteiger partial charge in [0.15, 0.2) is 11.6 Å². The number of halogens is 5. The van der Waals surface area contributed by atoms with Crippen LogP contribution in [0.25, 0.3) is 16.6 Å². The lowest BCUT2D eigenvalue weighted by Gasteiger charge is -2.31. The zero-order valence-corrected chi connectivity index (χ0v) is 14.7. The van der Waals surface area contributed by atoms with Crippen LogP contribution in [0.4, 0.5) is 22.0 Å². The van der Waals surface area contributed by atoms with E-state index in [2.05, 4.69) is 5.10 Å². The summed E-state index contributed by atoms with van der Waals surface area (Å²) in [5.41, 5.74) is -3.64. The van der Waals surface area contributed by atoms with E-state index in [-0.39, 0.29) is 0 Å². The minimum atomic E-state index is -5.18. The molecule has 29 heavy (non-hydrogen) atoms. The largest absolute Gasteiger partial charge is 0.425 e. The van der Waals surface area contributed by atoms with Crippen LogP contribution in [0.1, 0.15) is 11.1 Å². The van der Waals surface area contributed by atoms with Gasteiger partial charge in [0.25, 0.3) is 0 Å². The number of nitrogens with zero attached hydrogens (tertiary/aromatic N) is 2. The fourth-order valence-corrected chi connectivity index (χ4v) is 3.25. The summed E-state index contributed by atoms with van der Waals surface area (Å²) in [7, 11) is 0. The van der Waals surface area contributed by atoms with Crippen molar-refractivity contribution in [2.24, 2.45) is 0 Å². The van der Waals surface area contributed by atoms with Gasteiger partial charge >= 0.3 is 6.18 Å². The molecular formula is C21H13F5N2O. The molecule has 1 N–H and O–H groups in total. The van der Waals surface area contributed by atoms with Crippen LogP contribution < -0.4 is 0 Å². The molecule has 0 saturated carbocycles.